The number of anilines is 1. The predicted octanol–water partition coefficient (Wildman–Crippen LogP) is 5.71. The van der Waals surface area contributed by atoms with Gasteiger partial charge in [0.1, 0.15) is 19.3 Å². The molecular weight excluding hydrogens is 523 g/mol. The van der Waals surface area contributed by atoms with Crippen LogP contribution in [0.25, 0.3) is 0 Å². The van der Waals surface area contributed by atoms with Gasteiger partial charge in [-0.15, -0.1) is 26.3 Å². The third-order valence-electron chi connectivity index (χ3n) is 5.81. The number of hydrogen-bond acceptors (Lipinski definition) is 5. The number of alkyl halides is 6. The van der Waals surface area contributed by atoms with Crippen LogP contribution in [0, 0.1) is 0 Å². The summed E-state index contributed by atoms with van der Waals surface area (Å²) in [6.45, 7) is -0.0310. The molecule has 5 nitrogen and oxygen atoms in total. The molecule has 0 saturated carbocycles. The molecule has 2 radical (unpaired) electrons. The zero-order chi connectivity index (χ0) is 28.1. The van der Waals surface area contributed by atoms with Crippen molar-refractivity contribution in [3.63, 3.8) is 0 Å². The molecule has 0 bridgehead atoms. The Kier molecular flexibility index (Phi) is 8.03. The van der Waals surface area contributed by atoms with Crippen molar-refractivity contribution in [3.8, 4) is 11.5 Å². The van der Waals surface area contributed by atoms with E-state index in [2.05, 4.69) is 24.8 Å². The van der Waals surface area contributed by atoms with Crippen LogP contribution in [0.1, 0.15) is 16.7 Å². The summed E-state index contributed by atoms with van der Waals surface area (Å²) in [4.78, 5) is 8.23. The number of halogens is 6. The van der Waals surface area contributed by atoms with Crippen molar-refractivity contribution >= 4 is 19.3 Å². The molecule has 12 heteroatoms. The maximum Gasteiger partial charge on any atom is 0.573 e. The van der Waals surface area contributed by atoms with Crippen molar-refractivity contribution in [1.82, 2.24) is 9.97 Å². The topological polar surface area (TPSA) is 56.3 Å². The van der Waals surface area contributed by atoms with Crippen LogP contribution >= 0.6 is 0 Å². The minimum atomic E-state index is -4.95. The molecule has 0 fully saturated rings. The zero-order valence-corrected chi connectivity index (χ0v) is 20.1. The highest BCUT2D eigenvalue weighted by atomic mass is 19.4. The highest BCUT2D eigenvalue weighted by molar-refractivity contribution is 6.31. The highest BCUT2D eigenvalue weighted by Crippen LogP contribution is 2.40. The van der Waals surface area contributed by atoms with Crippen molar-refractivity contribution in [2.75, 3.05) is 11.9 Å². The SMILES string of the molecule is [B]c1cnc(NCC(Cc2ccccc2)(c2cccc(OC(F)(F)F)c2)c2cccc(OC(F)(F)F)c2)nc1. The van der Waals surface area contributed by atoms with Gasteiger partial charge in [-0.2, -0.15) is 0 Å². The first-order valence-electron chi connectivity index (χ1n) is 11.5. The number of benzene rings is 3. The number of hydrogen-bond donors (Lipinski definition) is 1. The lowest BCUT2D eigenvalue weighted by molar-refractivity contribution is -0.275. The van der Waals surface area contributed by atoms with E-state index in [4.69, 9.17) is 7.85 Å². The normalized spacial score (nSPS) is 12.2. The second kappa shape index (κ2) is 11.3. The molecule has 0 aliphatic rings. The van der Waals surface area contributed by atoms with E-state index in [1.807, 2.05) is 0 Å². The van der Waals surface area contributed by atoms with Gasteiger partial charge in [-0.05, 0) is 47.4 Å². The molecule has 3 aromatic carbocycles. The molecular formula is C27H20BF6N3O2. The Hall–Kier alpha value is -4.22. The molecule has 1 aromatic heterocycles. The minimum Gasteiger partial charge on any atom is -0.406 e. The molecule has 1 N–H and O–H groups in total. The zero-order valence-electron chi connectivity index (χ0n) is 20.1. The van der Waals surface area contributed by atoms with Gasteiger partial charge in [0.05, 0.1) is 0 Å². The minimum absolute atomic E-state index is 0.0310. The molecule has 0 aliphatic heterocycles. The van der Waals surface area contributed by atoms with Crippen LogP contribution in [0.3, 0.4) is 0 Å². The van der Waals surface area contributed by atoms with Gasteiger partial charge in [0, 0.05) is 24.4 Å². The van der Waals surface area contributed by atoms with Crippen molar-refractivity contribution in [2.24, 2.45) is 0 Å². The molecule has 0 amide bonds. The molecule has 4 aromatic rings. The fourth-order valence-corrected chi connectivity index (χ4v) is 4.22. The number of ether oxygens (including phenoxy) is 2. The second-order valence-corrected chi connectivity index (χ2v) is 8.59. The molecule has 200 valence electrons. The lowest BCUT2D eigenvalue weighted by atomic mass is 9.70. The second-order valence-electron chi connectivity index (χ2n) is 8.59. The van der Waals surface area contributed by atoms with Crippen LogP contribution < -0.4 is 20.3 Å². The van der Waals surface area contributed by atoms with Crippen molar-refractivity contribution in [2.45, 2.75) is 24.6 Å². The molecule has 0 aliphatic carbocycles. The van der Waals surface area contributed by atoms with Gasteiger partial charge < -0.3 is 14.8 Å². The predicted molar refractivity (Wildman–Crippen MR) is 133 cm³/mol. The van der Waals surface area contributed by atoms with Gasteiger partial charge in [0.2, 0.25) is 5.95 Å². The number of aromatic nitrogens is 2. The summed E-state index contributed by atoms with van der Waals surface area (Å²) in [7, 11) is 5.66. The van der Waals surface area contributed by atoms with Gasteiger partial charge in [0.25, 0.3) is 0 Å². The number of nitrogens with zero attached hydrogens (tertiary/aromatic N) is 2. The van der Waals surface area contributed by atoms with Gasteiger partial charge in [-0.1, -0.05) is 60.1 Å². The van der Waals surface area contributed by atoms with Crippen LogP contribution in [0.5, 0.6) is 11.5 Å². The quantitative estimate of drug-likeness (QED) is 0.217. The Bertz CT molecular complexity index is 1320. The van der Waals surface area contributed by atoms with E-state index >= 15 is 0 Å². The first-order valence-corrected chi connectivity index (χ1v) is 11.5. The third-order valence-corrected chi connectivity index (χ3v) is 5.81. The smallest absolute Gasteiger partial charge is 0.406 e. The number of rotatable bonds is 9. The highest BCUT2D eigenvalue weighted by Gasteiger charge is 2.38. The first kappa shape index (κ1) is 27.8. The third kappa shape index (κ3) is 7.65. The first-order chi connectivity index (χ1) is 18.4. The largest absolute Gasteiger partial charge is 0.573 e. The summed E-state index contributed by atoms with van der Waals surface area (Å²) in [5, 5.41) is 3.06. The maximum atomic E-state index is 13.1. The Labute approximate surface area is 221 Å². The summed E-state index contributed by atoms with van der Waals surface area (Å²) < 4.78 is 86.7. The Balaban J connectivity index is 1.89. The standard InChI is InChI=1S/C27H20BF6N3O2/c28-21-15-35-24(36-16-21)37-17-25(14-18-6-2-1-3-7-18,19-8-4-10-22(12-19)38-26(29,30)31)20-9-5-11-23(13-20)39-27(32,33)34/h1-13,15-16H,14,17H2,(H,35,36,37). The monoisotopic (exact) mass is 543 g/mol. The van der Waals surface area contributed by atoms with Gasteiger partial charge in [0.15, 0.2) is 0 Å². The van der Waals surface area contributed by atoms with Crippen molar-refractivity contribution in [3.05, 3.63) is 108 Å². The molecule has 0 unspecified atom stereocenters. The van der Waals surface area contributed by atoms with Crippen molar-refractivity contribution < 1.29 is 35.8 Å². The van der Waals surface area contributed by atoms with E-state index in [9.17, 15) is 26.3 Å². The molecule has 0 saturated heterocycles. The average Bonchev–Trinajstić information content (AvgIpc) is 2.86. The maximum absolute atomic E-state index is 13.1. The van der Waals surface area contributed by atoms with E-state index in [1.165, 1.54) is 36.7 Å². The van der Waals surface area contributed by atoms with E-state index in [-0.39, 0.29) is 18.9 Å². The van der Waals surface area contributed by atoms with E-state index in [0.717, 1.165) is 17.7 Å². The summed E-state index contributed by atoms with van der Waals surface area (Å²) in [6, 6.07) is 19.6. The lowest BCUT2D eigenvalue weighted by Crippen LogP contribution is -2.38. The van der Waals surface area contributed by atoms with Crippen LogP contribution in [0.15, 0.2) is 91.3 Å². The molecule has 0 spiro atoms. The van der Waals surface area contributed by atoms with Gasteiger partial charge >= 0.3 is 12.7 Å². The molecule has 39 heavy (non-hydrogen) atoms. The summed E-state index contributed by atoms with van der Waals surface area (Å²) in [5.41, 5.74) is 0.495. The van der Waals surface area contributed by atoms with Gasteiger partial charge in [-0.3, -0.25) is 0 Å². The van der Waals surface area contributed by atoms with Gasteiger partial charge in [-0.25, -0.2) is 9.97 Å². The van der Waals surface area contributed by atoms with Crippen molar-refractivity contribution in [1.29, 1.82) is 0 Å². The van der Waals surface area contributed by atoms with E-state index < -0.39 is 29.6 Å². The Morgan fingerprint density at radius 1 is 0.692 bits per heavy atom. The van der Waals surface area contributed by atoms with E-state index in [1.54, 1.807) is 42.5 Å². The van der Waals surface area contributed by atoms with Crippen LogP contribution in [-0.4, -0.2) is 37.1 Å². The van der Waals surface area contributed by atoms with Crippen LogP contribution in [-0.2, 0) is 11.8 Å². The fourth-order valence-electron chi connectivity index (χ4n) is 4.22. The van der Waals surface area contributed by atoms with Crippen LogP contribution in [0.4, 0.5) is 32.3 Å². The average molecular weight is 543 g/mol. The lowest BCUT2D eigenvalue weighted by Gasteiger charge is -2.36. The van der Waals surface area contributed by atoms with Crippen LogP contribution in [0.2, 0.25) is 0 Å². The molecule has 4 rings (SSSR count). The summed E-state index contributed by atoms with van der Waals surface area (Å²) in [5.74, 6) is -0.806. The van der Waals surface area contributed by atoms with E-state index in [0.29, 0.717) is 16.6 Å². The summed E-state index contributed by atoms with van der Waals surface area (Å²) in [6.07, 6.45) is -7.00. The molecule has 1 heterocycles. The molecule has 0 atom stereocenters. The Morgan fingerprint density at radius 3 is 1.69 bits per heavy atom. The Morgan fingerprint density at radius 2 is 1.21 bits per heavy atom. The summed E-state index contributed by atoms with van der Waals surface area (Å²) >= 11 is 0. The number of nitrogens with one attached hydrogen (secondary N) is 1. The fraction of sp³-hybridized carbons (Fsp3) is 0.185.